The van der Waals surface area contributed by atoms with E-state index in [1.54, 1.807) is 25.1 Å². The van der Waals surface area contributed by atoms with Crippen LogP contribution in [0.5, 0.6) is 28.7 Å². The number of benzene rings is 2. The quantitative estimate of drug-likeness (QED) is 0.251. The standard InChI is InChI=1S/C24H32O7/c1-6-8-9-10-11-15-19(26)31-22-20-16(13-12-14-17(20)27-3)21(30-18(25)7-2)23(28-4)24(22)29-5/h12-14H,6-11,15H2,1-5H3. The minimum atomic E-state index is -0.429. The molecule has 170 valence electrons. The first kappa shape index (κ1) is 24.3. The summed E-state index contributed by atoms with van der Waals surface area (Å²) in [5, 5.41) is 0.991. The molecule has 31 heavy (non-hydrogen) atoms. The van der Waals surface area contributed by atoms with Crippen molar-refractivity contribution in [2.45, 2.75) is 58.8 Å². The summed E-state index contributed by atoms with van der Waals surface area (Å²) in [6.45, 7) is 3.85. The molecule has 0 bridgehead atoms. The van der Waals surface area contributed by atoms with E-state index < -0.39 is 5.97 Å². The van der Waals surface area contributed by atoms with Crippen molar-refractivity contribution in [3.8, 4) is 28.7 Å². The van der Waals surface area contributed by atoms with Gasteiger partial charge >= 0.3 is 11.9 Å². The molecule has 0 heterocycles. The van der Waals surface area contributed by atoms with Gasteiger partial charge in [0.1, 0.15) is 5.75 Å². The van der Waals surface area contributed by atoms with Crippen LogP contribution >= 0.6 is 0 Å². The van der Waals surface area contributed by atoms with Gasteiger partial charge in [-0.3, -0.25) is 9.59 Å². The zero-order valence-corrected chi connectivity index (χ0v) is 19.0. The van der Waals surface area contributed by atoms with E-state index in [4.69, 9.17) is 23.7 Å². The Morgan fingerprint density at radius 3 is 2.00 bits per heavy atom. The topological polar surface area (TPSA) is 80.3 Å². The maximum Gasteiger partial charge on any atom is 0.311 e. The molecule has 0 unspecified atom stereocenters. The second kappa shape index (κ2) is 12.0. The average molecular weight is 433 g/mol. The molecular formula is C24H32O7. The van der Waals surface area contributed by atoms with Gasteiger partial charge in [-0.25, -0.2) is 0 Å². The first-order chi connectivity index (χ1) is 15.0. The Morgan fingerprint density at radius 1 is 0.742 bits per heavy atom. The van der Waals surface area contributed by atoms with Crippen molar-refractivity contribution in [2.75, 3.05) is 21.3 Å². The summed E-state index contributed by atoms with van der Waals surface area (Å²) < 4.78 is 27.9. The highest BCUT2D eigenvalue weighted by atomic mass is 16.6. The van der Waals surface area contributed by atoms with Gasteiger partial charge in [0.15, 0.2) is 11.5 Å². The summed E-state index contributed by atoms with van der Waals surface area (Å²) in [5.74, 6) is 0.372. The van der Waals surface area contributed by atoms with Crippen molar-refractivity contribution >= 4 is 22.7 Å². The summed E-state index contributed by atoms with van der Waals surface area (Å²) in [6.07, 6.45) is 5.58. The number of methoxy groups -OCH3 is 3. The van der Waals surface area contributed by atoms with Crippen LogP contribution in [-0.2, 0) is 9.59 Å². The lowest BCUT2D eigenvalue weighted by Gasteiger charge is -2.20. The zero-order chi connectivity index (χ0) is 22.8. The molecule has 0 saturated carbocycles. The summed E-state index contributed by atoms with van der Waals surface area (Å²) in [5.41, 5.74) is 0. The third-order valence-corrected chi connectivity index (χ3v) is 4.95. The Labute approximate surface area is 183 Å². The number of hydrogen-bond acceptors (Lipinski definition) is 7. The summed E-state index contributed by atoms with van der Waals surface area (Å²) in [4.78, 5) is 24.7. The summed E-state index contributed by atoms with van der Waals surface area (Å²) >= 11 is 0. The molecule has 0 aromatic heterocycles. The third kappa shape index (κ3) is 5.81. The molecule has 0 aliphatic heterocycles. The lowest BCUT2D eigenvalue weighted by atomic mass is 10.1. The van der Waals surface area contributed by atoms with E-state index in [0.717, 1.165) is 32.1 Å². The molecule has 7 heteroatoms. The number of esters is 2. The van der Waals surface area contributed by atoms with E-state index in [1.165, 1.54) is 21.3 Å². The van der Waals surface area contributed by atoms with E-state index in [0.29, 0.717) is 22.9 Å². The lowest BCUT2D eigenvalue weighted by molar-refractivity contribution is -0.135. The lowest BCUT2D eigenvalue weighted by Crippen LogP contribution is -2.12. The van der Waals surface area contributed by atoms with Crippen LogP contribution < -0.4 is 23.7 Å². The highest BCUT2D eigenvalue weighted by Crippen LogP contribution is 2.53. The number of unbranched alkanes of at least 4 members (excludes halogenated alkanes) is 4. The van der Waals surface area contributed by atoms with E-state index in [1.807, 2.05) is 0 Å². The largest absolute Gasteiger partial charge is 0.496 e. The second-order valence-corrected chi connectivity index (χ2v) is 7.07. The van der Waals surface area contributed by atoms with Gasteiger partial charge in [-0.15, -0.1) is 0 Å². The molecule has 2 rings (SSSR count). The normalized spacial score (nSPS) is 10.6. The fourth-order valence-electron chi connectivity index (χ4n) is 3.36. The first-order valence-electron chi connectivity index (χ1n) is 10.7. The Kier molecular flexibility index (Phi) is 9.43. The number of carbonyl (C=O) groups excluding carboxylic acids is 2. The highest BCUT2D eigenvalue weighted by Gasteiger charge is 2.28. The van der Waals surface area contributed by atoms with Crippen LogP contribution in [0.4, 0.5) is 0 Å². The third-order valence-electron chi connectivity index (χ3n) is 4.95. The summed E-state index contributed by atoms with van der Waals surface area (Å²) in [6, 6.07) is 5.25. The fraction of sp³-hybridized carbons (Fsp3) is 0.500. The van der Waals surface area contributed by atoms with Crippen LogP contribution in [0, 0.1) is 0 Å². The van der Waals surface area contributed by atoms with Gasteiger partial charge in [0.2, 0.25) is 11.5 Å². The first-order valence-corrected chi connectivity index (χ1v) is 10.7. The number of hydrogen-bond donors (Lipinski definition) is 0. The Hall–Kier alpha value is -2.96. The van der Waals surface area contributed by atoms with Crippen molar-refractivity contribution < 1.29 is 33.3 Å². The molecule has 0 aliphatic rings. The molecule has 0 radical (unpaired) electrons. The molecule has 0 amide bonds. The van der Waals surface area contributed by atoms with E-state index in [2.05, 4.69) is 6.92 Å². The molecule has 2 aromatic rings. The minimum Gasteiger partial charge on any atom is -0.496 e. The van der Waals surface area contributed by atoms with Crippen molar-refractivity contribution in [3.05, 3.63) is 18.2 Å². The Morgan fingerprint density at radius 2 is 1.39 bits per heavy atom. The number of carbonyl (C=O) groups is 2. The second-order valence-electron chi connectivity index (χ2n) is 7.07. The smallest absolute Gasteiger partial charge is 0.311 e. The Bertz CT molecular complexity index is 905. The van der Waals surface area contributed by atoms with Crippen LogP contribution in [0.25, 0.3) is 10.8 Å². The van der Waals surface area contributed by atoms with Crippen LogP contribution in [0.15, 0.2) is 18.2 Å². The molecule has 0 N–H and O–H groups in total. The summed E-state index contributed by atoms with van der Waals surface area (Å²) in [7, 11) is 4.39. The van der Waals surface area contributed by atoms with Gasteiger partial charge in [-0.2, -0.15) is 0 Å². The van der Waals surface area contributed by atoms with Crippen LogP contribution in [0.1, 0.15) is 58.8 Å². The molecule has 0 aliphatic carbocycles. The predicted molar refractivity (Wildman–Crippen MR) is 119 cm³/mol. The SMILES string of the molecule is CCCCCCCC(=O)Oc1c(OC)c(OC)c(OC(=O)CC)c2cccc(OC)c12. The molecule has 0 fully saturated rings. The van der Waals surface area contributed by atoms with E-state index in [9.17, 15) is 9.59 Å². The van der Waals surface area contributed by atoms with Gasteiger partial charge in [0, 0.05) is 18.2 Å². The Balaban J connectivity index is 2.55. The fourth-order valence-corrected chi connectivity index (χ4v) is 3.36. The monoisotopic (exact) mass is 432 g/mol. The molecule has 0 spiro atoms. The number of ether oxygens (including phenoxy) is 5. The van der Waals surface area contributed by atoms with Crippen molar-refractivity contribution in [2.24, 2.45) is 0 Å². The van der Waals surface area contributed by atoms with Crippen molar-refractivity contribution in [1.29, 1.82) is 0 Å². The molecule has 2 aromatic carbocycles. The van der Waals surface area contributed by atoms with Crippen molar-refractivity contribution in [3.63, 3.8) is 0 Å². The number of rotatable bonds is 12. The minimum absolute atomic E-state index is 0.165. The van der Waals surface area contributed by atoms with Crippen LogP contribution in [-0.4, -0.2) is 33.3 Å². The van der Waals surface area contributed by atoms with Gasteiger partial charge in [0.25, 0.3) is 0 Å². The highest BCUT2D eigenvalue weighted by molar-refractivity contribution is 6.04. The van der Waals surface area contributed by atoms with Gasteiger partial charge < -0.3 is 23.7 Å². The molecule has 7 nitrogen and oxygen atoms in total. The maximum atomic E-state index is 12.6. The van der Waals surface area contributed by atoms with Gasteiger partial charge in [-0.1, -0.05) is 51.7 Å². The molecular weight excluding hydrogens is 400 g/mol. The maximum absolute atomic E-state index is 12.6. The van der Waals surface area contributed by atoms with E-state index >= 15 is 0 Å². The van der Waals surface area contributed by atoms with Gasteiger partial charge in [-0.05, 0) is 12.5 Å². The number of fused-ring (bicyclic) bond motifs is 1. The molecule has 0 saturated heterocycles. The van der Waals surface area contributed by atoms with Gasteiger partial charge in [0.05, 0.1) is 26.7 Å². The zero-order valence-electron chi connectivity index (χ0n) is 19.0. The van der Waals surface area contributed by atoms with E-state index in [-0.39, 0.29) is 35.4 Å². The van der Waals surface area contributed by atoms with Crippen LogP contribution in [0.2, 0.25) is 0 Å². The van der Waals surface area contributed by atoms with Crippen molar-refractivity contribution in [1.82, 2.24) is 0 Å². The molecule has 0 atom stereocenters. The predicted octanol–water partition coefficient (Wildman–Crippen LogP) is 5.45. The average Bonchev–Trinajstić information content (AvgIpc) is 2.79. The van der Waals surface area contributed by atoms with Crippen LogP contribution in [0.3, 0.4) is 0 Å².